The zero-order chi connectivity index (χ0) is 15.5. The highest BCUT2D eigenvalue weighted by Gasteiger charge is 2.21. The highest BCUT2D eigenvalue weighted by atomic mass is 35.5. The Kier molecular flexibility index (Phi) is 3.92. The lowest BCUT2D eigenvalue weighted by Gasteiger charge is -2.19. The highest BCUT2D eigenvalue weighted by molar-refractivity contribution is 6.31. The van der Waals surface area contributed by atoms with Crippen molar-refractivity contribution in [3.8, 4) is 11.5 Å². The fourth-order valence-corrected chi connectivity index (χ4v) is 2.38. The molecule has 22 heavy (non-hydrogen) atoms. The first-order valence-electron chi connectivity index (χ1n) is 6.51. The molecule has 2 aromatic rings. The molecule has 0 atom stereocenters. The molecule has 0 N–H and O–H groups in total. The van der Waals surface area contributed by atoms with Crippen LogP contribution in [0.1, 0.15) is 15.9 Å². The van der Waals surface area contributed by atoms with E-state index in [1.54, 1.807) is 24.3 Å². The standard InChI is InChI=1S/C16H10ClNO4/c17-11-3-1-2-10(6-11)16(20)12-7-14-15(22-5-4-21-14)8-13(12)18-9-19/h1-3,6-8H,4-5H2. The Morgan fingerprint density at radius 3 is 2.55 bits per heavy atom. The third-order valence-electron chi connectivity index (χ3n) is 3.16. The fourth-order valence-electron chi connectivity index (χ4n) is 2.19. The van der Waals surface area contributed by atoms with E-state index in [9.17, 15) is 9.59 Å². The van der Waals surface area contributed by atoms with Gasteiger partial charge in [0.15, 0.2) is 17.3 Å². The van der Waals surface area contributed by atoms with E-state index in [0.717, 1.165) is 0 Å². The van der Waals surface area contributed by atoms with Crippen molar-refractivity contribution in [2.45, 2.75) is 0 Å². The van der Waals surface area contributed by atoms with Crippen LogP contribution in [-0.4, -0.2) is 25.1 Å². The van der Waals surface area contributed by atoms with Gasteiger partial charge in [-0.2, -0.15) is 4.99 Å². The van der Waals surface area contributed by atoms with Gasteiger partial charge in [0.25, 0.3) is 0 Å². The van der Waals surface area contributed by atoms with Crippen LogP contribution in [0.4, 0.5) is 5.69 Å². The summed E-state index contributed by atoms with van der Waals surface area (Å²) >= 11 is 5.91. The van der Waals surface area contributed by atoms with Gasteiger partial charge < -0.3 is 9.47 Å². The summed E-state index contributed by atoms with van der Waals surface area (Å²) in [6.07, 6.45) is 1.45. The summed E-state index contributed by atoms with van der Waals surface area (Å²) in [6.45, 7) is 0.799. The van der Waals surface area contributed by atoms with Crippen LogP contribution >= 0.6 is 11.6 Å². The number of aliphatic imine (C=N–C) groups is 1. The van der Waals surface area contributed by atoms with Gasteiger partial charge in [-0.05, 0) is 18.2 Å². The molecule has 0 fully saturated rings. The first-order chi connectivity index (χ1) is 10.7. The van der Waals surface area contributed by atoms with Crippen molar-refractivity contribution in [3.05, 3.63) is 52.5 Å². The van der Waals surface area contributed by atoms with Crippen molar-refractivity contribution >= 4 is 29.2 Å². The highest BCUT2D eigenvalue weighted by Crippen LogP contribution is 2.37. The zero-order valence-corrected chi connectivity index (χ0v) is 12.1. The van der Waals surface area contributed by atoms with Crippen molar-refractivity contribution in [2.24, 2.45) is 4.99 Å². The second-order valence-electron chi connectivity index (χ2n) is 4.56. The largest absolute Gasteiger partial charge is 0.486 e. The normalized spacial score (nSPS) is 12.4. The Labute approximate surface area is 131 Å². The van der Waals surface area contributed by atoms with Gasteiger partial charge in [-0.25, -0.2) is 4.79 Å². The molecule has 0 saturated heterocycles. The second kappa shape index (κ2) is 6.02. The molecule has 2 aromatic carbocycles. The van der Waals surface area contributed by atoms with Gasteiger partial charge in [0.1, 0.15) is 13.2 Å². The number of fused-ring (bicyclic) bond motifs is 1. The third-order valence-corrected chi connectivity index (χ3v) is 3.39. The first kappa shape index (κ1) is 14.3. The molecule has 0 saturated carbocycles. The van der Waals surface area contributed by atoms with Crippen LogP contribution in [0.5, 0.6) is 11.5 Å². The number of rotatable bonds is 3. The van der Waals surface area contributed by atoms with Crippen molar-refractivity contribution in [2.75, 3.05) is 13.2 Å². The van der Waals surface area contributed by atoms with Crippen molar-refractivity contribution < 1.29 is 19.1 Å². The lowest BCUT2D eigenvalue weighted by atomic mass is 10.0. The average molecular weight is 316 g/mol. The number of isocyanates is 1. The minimum Gasteiger partial charge on any atom is -0.486 e. The van der Waals surface area contributed by atoms with Crippen LogP contribution in [0.25, 0.3) is 0 Å². The van der Waals surface area contributed by atoms with Crippen LogP contribution < -0.4 is 9.47 Å². The number of halogens is 1. The molecule has 1 aliphatic heterocycles. The minimum atomic E-state index is -0.312. The molecule has 3 rings (SSSR count). The number of carbonyl (C=O) groups is 1. The van der Waals surface area contributed by atoms with E-state index in [1.807, 2.05) is 0 Å². The lowest BCUT2D eigenvalue weighted by Crippen LogP contribution is -2.16. The summed E-state index contributed by atoms with van der Waals surface area (Å²) in [6, 6.07) is 9.56. The predicted molar refractivity (Wildman–Crippen MR) is 80.1 cm³/mol. The van der Waals surface area contributed by atoms with Crippen LogP contribution in [0, 0.1) is 0 Å². The summed E-state index contributed by atoms with van der Waals surface area (Å²) in [7, 11) is 0. The second-order valence-corrected chi connectivity index (χ2v) is 4.99. The van der Waals surface area contributed by atoms with Crippen LogP contribution in [0.3, 0.4) is 0 Å². The molecule has 0 unspecified atom stereocenters. The maximum absolute atomic E-state index is 12.6. The summed E-state index contributed by atoms with van der Waals surface area (Å²) in [5, 5.41) is 0.448. The van der Waals surface area contributed by atoms with E-state index < -0.39 is 0 Å². The Morgan fingerprint density at radius 2 is 1.86 bits per heavy atom. The Balaban J connectivity index is 2.12. The number of hydrogen-bond donors (Lipinski definition) is 0. The van der Waals surface area contributed by atoms with Gasteiger partial charge in [0.2, 0.25) is 6.08 Å². The molecular formula is C16H10ClNO4. The van der Waals surface area contributed by atoms with Crippen LogP contribution in [0.2, 0.25) is 5.02 Å². The Morgan fingerprint density at radius 1 is 1.14 bits per heavy atom. The van der Waals surface area contributed by atoms with E-state index in [2.05, 4.69) is 4.99 Å². The van der Waals surface area contributed by atoms with E-state index in [-0.39, 0.29) is 17.0 Å². The molecule has 6 heteroatoms. The maximum Gasteiger partial charge on any atom is 0.240 e. The molecule has 5 nitrogen and oxygen atoms in total. The summed E-state index contributed by atoms with van der Waals surface area (Å²) in [4.78, 5) is 26.8. The van der Waals surface area contributed by atoms with Crippen molar-refractivity contribution in [1.82, 2.24) is 0 Å². The number of ether oxygens (including phenoxy) is 2. The fraction of sp³-hybridized carbons (Fsp3) is 0.125. The topological polar surface area (TPSA) is 65.0 Å². The quantitative estimate of drug-likeness (QED) is 0.495. The first-order valence-corrected chi connectivity index (χ1v) is 6.88. The Bertz CT molecular complexity index is 797. The van der Waals surface area contributed by atoms with Crippen LogP contribution in [0.15, 0.2) is 41.4 Å². The maximum atomic E-state index is 12.6. The molecule has 0 amide bonds. The van der Waals surface area contributed by atoms with Gasteiger partial charge in [-0.1, -0.05) is 23.7 Å². The van der Waals surface area contributed by atoms with E-state index in [0.29, 0.717) is 35.3 Å². The number of carbonyl (C=O) groups excluding carboxylic acids is 2. The number of ketones is 1. The lowest BCUT2D eigenvalue weighted by molar-refractivity contribution is 0.103. The number of hydrogen-bond acceptors (Lipinski definition) is 5. The smallest absolute Gasteiger partial charge is 0.240 e. The summed E-state index contributed by atoms with van der Waals surface area (Å²) in [5.41, 5.74) is 0.811. The van der Waals surface area contributed by atoms with Gasteiger partial charge in [0, 0.05) is 16.7 Å². The molecule has 0 spiro atoms. The molecule has 110 valence electrons. The third kappa shape index (κ3) is 2.72. The molecule has 0 aromatic heterocycles. The minimum absolute atomic E-state index is 0.184. The van der Waals surface area contributed by atoms with Gasteiger partial charge in [-0.15, -0.1) is 0 Å². The molecule has 1 aliphatic rings. The average Bonchev–Trinajstić information content (AvgIpc) is 2.54. The molecule has 0 radical (unpaired) electrons. The summed E-state index contributed by atoms with van der Waals surface area (Å²) < 4.78 is 10.9. The Hall–Kier alpha value is -2.62. The number of benzene rings is 2. The molecule has 1 heterocycles. The predicted octanol–water partition coefficient (Wildman–Crippen LogP) is 3.31. The van der Waals surface area contributed by atoms with E-state index in [4.69, 9.17) is 21.1 Å². The SMILES string of the molecule is O=C=Nc1cc2c(cc1C(=O)c1cccc(Cl)c1)OCCO2. The van der Waals surface area contributed by atoms with E-state index >= 15 is 0 Å². The van der Waals surface area contributed by atoms with E-state index in [1.165, 1.54) is 18.2 Å². The zero-order valence-electron chi connectivity index (χ0n) is 11.3. The molecule has 0 bridgehead atoms. The summed E-state index contributed by atoms with van der Waals surface area (Å²) in [5.74, 6) is 0.581. The number of nitrogens with zero attached hydrogens (tertiary/aromatic N) is 1. The van der Waals surface area contributed by atoms with Gasteiger partial charge >= 0.3 is 0 Å². The molecular weight excluding hydrogens is 306 g/mol. The monoisotopic (exact) mass is 315 g/mol. The van der Waals surface area contributed by atoms with Gasteiger partial charge in [-0.3, -0.25) is 4.79 Å². The van der Waals surface area contributed by atoms with Gasteiger partial charge in [0.05, 0.1) is 11.3 Å². The van der Waals surface area contributed by atoms with Crippen molar-refractivity contribution in [1.29, 1.82) is 0 Å². The van der Waals surface area contributed by atoms with Crippen LogP contribution in [-0.2, 0) is 4.79 Å². The molecule has 0 aliphatic carbocycles. The van der Waals surface area contributed by atoms with Crippen molar-refractivity contribution in [3.63, 3.8) is 0 Å².